The van der Waals surface area contributed by atoms with E-state index in [9.17, 15) is 14.3 Å². The summed E-state index contributed by atoms with van der Waals surface area (Å²) in [5, 5.41) is 12.4. The van der Waals surface area contributed by atoms with Crippen LogP contribution in [0.2, 0.25) is 5.02 Å². The molecule has 0 fully saturated rings. The van der Waals surface area contributed by atoms with Crippen LogP contribution in [0.1, 0.15) is 22.8 Å². The number of ether oxygens (including phenoxy) is 1. The maximum Gasteiger partial charge on any atom is 0.255 e. The minimum Gasteiger partial charge on any atom is -0.480 e. The van der Waals surface area contributed by atoms with Gasteiger partial charge in [-0.3, -0.25) is 4.79 Å². The first kappa shape index (κ1) is 16.5. The molecule has 1 aliphatic heterocycles. The van der Waals surface area contributed by atoms with E-state index in [0.29, 0.717) is 21.9 Å². The number of carbonyl (C=O) groups is 1. The van der Waals surface area contributed by atoms with E-state index in [1.54, 1.807) is 43.3 Å². The standard InChI is InChI=1S/C18H15ClFNO3/c1-18(10-22)7-6-12-8-15(14(20)9-16(12)24-18)21-17(23)11-2-4-13(19)5-3-11/h2-9,22H,10H2,1H3,(H,21,23). The molecule has 2 aromatic rings. The summed E-state index contributed by atoms with van der Waals surface area (Å²) in [5.74, 6) is -0.742. The molecule has 1 unspecified atom stereocenters. The molecule has 1 atom stereocenters. The monoisotopic (exact) mass is 347 g/mol. The van der Waals surface area contributed by atoms with Crippen LogP contribution >= 0.6 is 11.6 Å². The molecule has 1 amide bonds. The van der Waals surface area contributed by atoms with Crippen LogP contribution in [0.25, 0.3) is 6.08 Å². The van der Waals surface area contributed by atoms with Crippen LogP contribution in [0.4, 0.5) is 10.1 Å². The van der Waals surface area contributed by atoms with E-state index in [-0.39, 0.29) is 12.3 Å². The quantitative estimate of drug-likeness (QED) is 0.885. The number of anilines is 1. The Balaban J connectivity index is 1.86. The minimum absolute atomic E-state index is 0.0505. The van der Waals surface area contributed by atoms with Crippen LogP contribution in [-0.4, -0.2) is 23.2 Å². The first-order chi connectivity index (χ1) is 11.4. The third-order valence-electron chi connectivity index (χ3n) is 3.73. The maximum atomic E-state index is 14.3. The summed E-state index contributed by atoms with van der Waals surface area (Å²) in [5.41, 5.74) is 0.160. The van der Waals surface area contributed by atoms with Crippen molar-refractivity contribution in [3.8, 4) is 5.75 Å². The van der Waals surface area contributed by atoms with E-state index in [2.05, 4.69) is 5.32 Å². The van der Waals surface area contributed by atoms with E-state index < -0.39 is 17.3 Å². The molecule has 124 valence electrons. The summed E-state index contributed by atoms with van der Waals surface area (Å²) in [6.07, 6.45) is 3.42. The fraction of sp³-hybridized carbons (Fsp3) is 0.167. The van der Waals surface area contributed by atoms with Crippen LogP contribution in [0, 0.1) is 5.82 Å². The number of carbonyl (C=O) groups excluding carboxylic acids is 1. The molecule has 2 N–H and O–H groups in total. The summed E-state index contributed by atoms with van der Waals surface area (Å²) in [4.78, 5) is 12.2. The van der Waals surface area contributed by atoms with Crippen LogP contribution < -0.4 is 10.1 Å². The van der Waals surface area contributed by atoms with Gasteiger partial charge in [0.2, 0.25) is 0 Å². The summed E-state index contributed by atoms with van der Waals surface area (Å²) in [6, 6.07) is 8.99. The topological polar surface area (TPSA) is 58.6 Å². The molecule has 0 aromatic heterocycles. The van der Waals surface area contributed by atoms with E-state index in [1.165, 1.54) is 12.1 Å². The molecule has 0 saturated carbocycles. The molecule has 0 spiro atoms. The molecule has 0 aliphatic carbocycles. The lowest BCUT2D eigenvalue weighted by Gasteiger charge is -2.30. The van der Waals surface area contributed by atoms with Gasteiger partial charge in [0, 0.05) is 22.2 Å². The molecule has 4 nitrogen and oxygen atoms in total. The van der Waals surface area contributed by atoms with Gasteiger partial charge in [-0.1, -0.05) is 17.7 Å². The molecule has 0 radical (unpaired) electrons. The van der Waals surface area contributed by atoms with Gasteiger partial charge in [0.1, 0.15) is 17.2 Å². The number of hydrogen-bond donors (Lipinski definition) is 2. The van der Waals surface area contributed by atoms with Gasteiger partial charge in [-0.2, -0.15) is 0 Å². The Morgan fingerprint density at radius 3 is 2.71 bits per heavy atom. The fourth-order valence-electron chi connectivity index (χ4n) is 2.32. The van der Waals surface area contributed by atoms with E-state index in [4.69, 9.17) is 16.3 Å². The second-order valence-corrected chi connectivity index (χ2v) is 6.17. The Hall–Kier alpha value is -2.37. The summed E-state index contributed by atoms with van der Waals surface area (Å²) >= 11 is 5.79. The van der Waals surface area contributed by atoms with Crippen molar-refractivity contribution < 1.29 is 19.0 Å². The number of rotatable bonds is 3. The van der Waals surface area contributed by atoms with Crippen molar-refractivity contribution in [3.05, 3.63) is 64.4 Å². The van der Waals surface area contributed by atoms with Crippen LogP contribution in [0.15, 0.2) is 42.5 Å². The lowest BCUT2D eigenvalue weighted by molar-refractivity contribution is 0.0638. The normalized spacial score (nSPS) is 18.7. The van der Waals surface area contributed by atoms with Crippen molar-refractivity contribution in [2.24, 2.45) is 0 Å². The highest BCUT2D eigenvalue weighted by Gasteiger charge is 2.27. The molecule has 6 heteroatoms. The SMILES string of the molecule is CC1(CO)C=Cc2cc(NC(=O)c3ccc(Cl)cc3)c(F)cc2O1. The van der Waals surface area contributed by atoms with E-state index >= 15 is 0 Å². The summed E-state index contributed by atoms with van der Waals surface area (Å²) in [6.45, 7) is 1.47. The number of fused-ring (bicyclic) bond motifs is 1. The van der Waals surface area contributed by atoms with Crippen LogP contribution in [-0.2, 0) is 0 Å². The Kier molecular flexibility index (Phi) is 4.30. The van der Waals surface area contributed by atoms with Gasteiger partial charge in [0.25, 0.3) is 5.91 Å². The van der Waals surface area contributed by atoms with Crippen molar-refractivity contribution >= 4 is 29.3 Å². The van der Waals surface area contributed by atoms with Crippen molar-refractivity contribution in [3.63, 3.8) is 0 Å². The van der Waals surface area contributed by atoms with Gasteiger partial charge < -0.3 is 15.2 Å². The lowest BCUT2D eigenvalue weighted by atomic mass is 10.0. The zero-order valence-corrected chi connectivity index (χ0v) is 13.6. The Morgan fingerprint density at radius 1 is 1.33 bits per heavy atom. The molecule has 0 bridgehead atoms. The highest BCUT2D eigenvalue weighted by Crippen LogP contribution is 2.34. The second-order valence-electron chi connectivity index (χ2n) is 5.74. The third kappa shape index (κ3) is 3.27. The minimum atomic E-state index is -0.881. The second kappa shape index (κ2) is 6.26. The smallest absolute Gasteiger partial charge is 0.255 e. The van der Waals surface area contributed by atoms with Crippen molar-refractivity contribution in [2.75, 3.05) is 11.9 Å². The molecule has 2 aromatic carbocycles. The number of halogens is 2. The van der Waals surface area contributed by atoms with Gasteiger partial charge in [0.15, 0.2) is 0 Å². The van der Waals surface area contributed by atoms with Gasteiger partial charge >= 0.3 is 0 Å². The zero-order valence-electron chi connectivity index (χ0n) is 12.8. The number of nitrogens with one attached hydrogen (secondary N) is 1. The molecule has 0 saturated heterocycles. The molecular weight excluding hydrogens is 333 g/mol. The summed E-state index contributed by atoms with van der Waals surface area (Å²) < 4.78 is 19.9. The highest BCUT2D eigenvalue weighted by molar-refractivity contribution is 6.30. The van der Waals surface area contributed by atoms with Crippen LogP contribution in [0.3, 0.4) is 0 Å². The highest BCUT2D eigenvalue weighted by atomic mass is 35.5. The van der Waals surface area contributed by atoms with Gasteiger partial charge in [0.05, 0.1) is 12.3 Å². The molecule has 3 rings (SSSR count). The van der Waals surface area contributed by atoms with Crippen molar-refractivity contribution in [1.29, 1.82) is 0 Å². The lowest BCUT2D eigenvalue weighted by Crippen LogP contribution is -2.35. The van der Waals surface area contributed by atoms with Gasteiger partial charge in [-0.05, 0) is 43.3 Å². The number of aliphatic hydroxyl groups is 1. The zero-order chi connectivity index (χ0) is 17.3. The first-order valence-corrected chi connectivity index (χ1v) is 7.67. The number of amides is 1. The maximum absolute atomic E-state index is 14.3. The molecule has 1 heterocycles. The van der Waals surface area contributed by atoms with Gasteiger partial charge in [-0.25, -0.2) is 4.39 Å². The van der Waals surface area contributed by atoms with Crippen molar-refractivity contribution in [1.82, 2.24) is 0 Å². The Bertz CT molecular complexity index is 820. The predicted octanol–water partition coefficient (Wildman–Crippen LogP) is 3.89. The van der Waals surface area contributed by atoms with Crippen molar-refractivity contribution in [2.45, 2.75) is 12.5 Å². The summed E-state index contributed by atoms with van der Waals surface area (Å²) in [7, 11) is 0. The van der Waals surface area contributed by atoms with E-state index in [0.717, 1.165) is 0 Å². The Morgan fingerprint density at radius 2 is 2.04 bits per heavy atom. The molecular formula is C18H15ClFNO3. The van der Waals surface area contributed by atoms with E-state index in [1.807, 2.05) is 0 Å². The Labute approximate surface area is 143 Å². The fourth-order valence-corrected chi connectivity index (χ4v) is 2.44. The van der Waals surface area contributed by atoms with Gasteiger partial charge in [-0.15, -0.1) is 0 Å². The van der Waals surface area contributed by atoms with Crippen LogP contribution in [0.5, 0.6) is 5.75 Å². The average molecular weight is 348 g/mol. The average Bonchev–Trinajstić information content (AvgIpc) is 2.56. The number of aliphatic hydroxyl groups excluding tert-OH is 1. The predicted molar refractivity (Wildman–Crippen MR) is 91.0 cm³/mol. The largest absolute Gasteiger partial charge is 0.480 e. The third-order valence-corrected chi connectivity index (χ3v) is 3.98. The molecule has 24 heavy (non-hydrogen) atoms. The molecule has 1 aliphatic rings. The number of benzene rings is 2. The first-order valence-electron chi connectivity index (χ1n) is 7.30. The number of hydrogen-bond acceptors (Lipinski definition) is 3.